The first-order valence-electron chi connectivity index (χ1n) is 5.09. The highest BCUT2D eigenvalue weighted by Crippen LogP contribution is 2.26. The first kappa shape index (κ1) is 12.2. The second kappa shape index (κ2) is 5.28. The summed E-state index contributed by atoms with van der Waals surface area (Å²) in [6.45, 7) is 4.07. The van der Waals surface area contributed by atoms with Gasteiger partial charge in [-0.15, -0.1) is 11.3 Å². The van der Waals surface area contributed by atoms with E-state index in [1.807, 2.05) is 6.92 Å². The minimum atomic E-state index is -0.253. The van der Waals surface area contributed by atoms with Crippen molar-refractivity contribution in [1.29, 1.82) is 0 Å². The molecular formula is C11H18N2OS. The normalized spacial score (nSPS) is 14.9. The number of amides is 1. The zero-order valence-electron chi connectivity index (χ0n) is 9.19. The smallest absolute Gasteiger partial charge is 0.217 e. The Morgan fingerprint density at radius 1 is 1.53 bits per heavy atom. The number of primary amides is 1. The van der Waals surface area contributed by atoms with Crippen molar-refractivity contribution in [2.75, 3.05) is 0 Å². The molecule has 15 heavy (non-hydrogen) atoms. The summed E-state index contributed by atoms with van der Waals surface area (Å²) in [5.74, 6) is -0.00281. The van der Waals surface area contributed by atoms with Gasteiger partial charge in [-0.3, -0.25) is 4.79 Å². The van der Waals surface area contributed by atoms with Gasteiger partial charge in [-0.25, -0.2) is 0 Å². The lowest BCUT2D eigenvalue weighted by molar-refractivity contribution is -0.118. The average molecular weight is 226 g/mol. The van der Waals surface area contributed by atoms with E-state index >= 15 is 0 Å². The molecule has 0 aliphatic heterocycles. The molecule has 0 aliphatic rings. The van der Waals surface area contributed by atoms with Gasteiger partial charge < -0.3 is 11.5 Å². The Bertz CT molecular complexity index is 335. The molecule has 1 aromatic heterocycles. The molecule has 0 saturated carbocycles. The Balaban J connectivity index is 2.48. The number of hydrogen-bond acceptors (Lipinski definition) is 3. The SMILES string of the molecule is Cc1ccc(C(N)CC(C)CC(N)=O)s1. The van der Waals surface area contributed by atoms with Gasteiger partial charge in [0.05, 0.1) is 0 Å². The topological polar surface area (TPSA) is 69.1 Å². The molecule has 84 valence electrons. The van der Waals surface area contributed by atoms with Crippen LogP contribution in [0.4, 0.5) is 0 Å². The number of rotatable bonds is 5. The van der Waals surface area contributed by atoms with Crippen LogP contribution in [0.15, 0.2) is 12.1 Å². The standard InChI is InChI=1S/C11H18N2OS/c1-7(6-11(13)14)5-9(12)10-4-3-8(2)15-10/h3-4,7,9H,5-6,12H2,1-2H3,(H2,13,14). The van der Waals surface area contributed by atoms with Crippen LogP contribution >= 0.6 is 11.3 Å². The lowest BCUT2D eigenvalue weighted by Gasteiger charge is -2.14. The van der Waals surface area contributed by atoms with Gasteiger partial charge in [-0.2, -0.15) is 0 Å². The van der Waals surface area contributed by atoms with Crippen molar-refractivity contribution in [3.63, 3.8) is 0 Å². The Labute approximate surface area is 94.5 Å². The number of aryl methyl sites for hydroxylation is 1. The molecule has 4 N–H and O–H groups in total. The van der Waals surface area contributed by atoms with E-state index < -0.39 is 0 Å². The monoisotopic (exact) mass is 226 g/mol. The van der Waals surface area contributed by atoms with Crippen molar-refractivity contribution in [1.82, 2.24) is 0 Å². The fourth-order valence-electron chi connectivity index (χ4n) is 1.63. The van der Waals surface area contributed by atoms with E-state index in [0.717, 1.165) is 6.42 Å². The second-order valence-corrected chi connectivity index (χ2v) is 5.39. The summed E-state index contributed by atoms with van der Waals surface area (Å²) in [5, 5.41) is 0. The van der Waals surface area contributed by atoms with Crippen molar-refractivity contribution in [3.8, 4) is 0 Å². The largest absolute Gasteiger partial charge is 0.370 e. The van der Waals surface area contributed by atoms with Gasteiger partial charge in [-0.1, -0.05) is 6.92 Å². The molecule has 3 nitrogen and oxygen atoms in total. The fourth-order valence-corrected chi connectivity index (χ4v) is 2.52. The minimum absolute atomic E-state index is 0.0260. The Hall–Kier alpha value is -0.870. The quantitative estimate of drug-likeness (QED) is 0.805. The number of nitrogens with two attached hydrogens (primary N) is 2. The van der Waals surface area contributed by atoms with Gasteiger partial charge in [-0.05, 0) is 31.4 Å². The first-order valence-corrected chi connectivity index (χ1v) is 5.91. The summed E-state index contributed by atoms with van der Waals surface area (Å²) >= 11 is 1.72. The van der Waals surface area contributed by atoms with Gasteiger partial charge in [0.15, 0.2) is 0 Å². The third kappa shape index (κ3) is 4.01. The predicted molar refractivity (Wildman–Crippen MR) is 63.6 cm³/mol. The Morgan fingerprint density at radius 3 is 2.67 bits per heavy atom. The molecule has 0 aliphatic carbocycles. The Morgan fingerprint density at radius 2 is 2.20 bits per heavy atom. The molecule has 1 rings (SSSR count). The molecule has 4 heteroatoms. The Kier molecular flexibility index (Phi) is 4.29. The van der Waals surface area contributed by atoms with Crippen molar-refractivity contribution in [2.24, 2.45) is 17.4 Å². The summed E-state index contributed by atoms with van der Waals surface area (Å²) < 4.78 is 0. The molecule has 1 heterocycles. The molecule has 0 aromatic carbocycles. The van der Waals surface area contributed by atoms with Gasteiger partial charge in [0.1, 0.15) is 0 Å². The van der Waals surface area contributed by atoms with Crippen LogP contribution in [0, 0.1) is 12.8 Å². The summed E-state index contributed by atoms with van der Waals surface area (Å²) in [6, 6.07) is 4.15. The number of carbonyl (C=O) groups excluding carboxylic acids is 1. The molecule has 0 spiro atoms. The van der Waals surface area contributed by atoms with Crippen molar-refractivity contribution in [2.45, 2.75) is 32.7 Å². The minimum Gasteiger partial charge on any atom is -0.370 e. The molecular weight excluding hydrogens is 208 g/mol. The zero-order chi connectivity index (χ0) is 11.4. The first-order chi connectivity index (χ1) is 6.99. The molecule has 2 atom stereocenters. The van der Waals surface area contributed by atoms with Crippen LogP contribution in [0.25, 0.3) is 0 Å². The van der Waals surface area contributed by atoms with E-state index in [0.29, 0.717) is 6.42 Å². The van der Waals surface area contributed by atoms with E-state index in [-0.39, 0.29) is 17.9 Å². The lowest BCUT2D eigenvalue weighted by Crippen LogP contribution is -2.19. The molecule has 0 fully saturated rings. The van der Waals surface area contributed by atoms with Crippen LogP contribution in [0.2, 0.25) is 0 Å². The van der Waals surface area contributed by atoms with E-state index in [9.17, 15) is 4.79 Å². The van der Waals surface area contributed by atoms with Gasteiger partial charge in [0.2, 0.25) is 5.91 Å². The molecule has 0 bridgehead atoms. The highest BCUT2D eigenvalue weighted by atomic mass is 32.1. The third-order valence-corrected chi connectivity index (χ3v) is 3.47. The van der Waals surface area contributed by atoms with Crippen LogP contribution in [-0.2, 0) is 4.79 Å². The van der Waals surface area contributed by atoms with Gasteiger partial charge in [0, 0.05) is 22.2 Å². The molecule has 0 radical (unpaired) electrons. The number of hydrogen-bond donors (Lipinski definition) is 2. The van der Waals surface area contributed by atoms with E-state index in [1.54, 1.807) is 11.3 Å². The highest BCUT2D eigenvalue weighted by Gasteiger charge is 2.14. The maximum absolute atomic E-state index is 10.7. The van der Waals surface area contributed by atoms with Crippen LogP contribution in [0.3, 0.4) is 0 Å². The molecule has 2 unspecified atom stereocenters. The van der Waals surface area contributed by atoms with Crippen molar-refractivity contribution >= 4 is 17.2 Å². The third-order valence-electron chi connectivity index (χ3n) is 2.33. The summed E-state index contributed by atoms with van der Waals surface area (Å²) in [7, 11) is 0. The van der Waals surface area contributed by atoms with Gasteiger partial charge >= 0.3 is 0 Å². The molecule has 1 aromatic rings. The van der Waals surface area contributed by atoms with E-state index in [1.165, 1.54) is 9.75 Å². The van der Waals surface area contributed by atoms with E-state index in [4.69, 9.17) is 11.5 Å². The number of carbonyl (C=O) groups is 1. The van der Waals surface area contributed by atoms with Crippen LogP contribution in [-0.4, -0.2) is 5.91 Å². The van der Waals surface area contributed by atoms with Crippen LogP contribution in [0.5, 0.6) is 0 Å². The summed E-state index contributed by atoms with van der Waals surface area (Å²) in [6.07, 6.45) is 1.22. The summed E-state index contributed by atoms with van der Waals surface area (Å²) in [4.78, 5) is 13.2. The fraction of sp³-hybridized carbons (Fsp3) is 0.545. The summed E-state index contributed by atoms with van der Waals surface area (Å²) in [5.41, 5.74) is 11.2. The highest BCUT2D eigenvalue weighted by molar-refractivity contribution is 7.12. The number of thiophene rings is 1. The predicted octanol–water partition coefficient (Wildman–Crippen LogP) is 1.96. The van der Waals surface area contributed by atoms with Crippen LogP contribution in [0.1, 0.15) is 35.6 Å². The molecule has 1 amide bonds. The zero-order valence-corrected chi connectivity index (χ0v) is 10.0. The maximum Gasteiger partial charge on any atom is 0.217 e. The average Bonchev–Trinajstić information content (AvgIpc) is 2.49. The van der Waals surface area contributed by atoms with Crippen molar-refractivity contribution in [3.05, 3.63) is 21.9 Å². The van der Waals surface area contributed by atoms with E-state index in [2.05, 4.69) is 19.1 Å². The lowest BCUT2D eigenvalue weighted by atomic mass is 9.98. The van der Waals surface area contributed by atoms with Gasteiger partial charge in [0.25, 0.3) is 0 Å². The maximum atomic E-state index is 10.7. The van der Waals surface area contributed by atoms with Crippen LogP contribution < -0.4 is 11.5 Å². The molecule has 0 saturated heterocycles. The second-order valence-electron chi connectivity index (χ2n) is 4.07. The van der Waals surface area contributed by atoms with Crippen molar-refractivity contribution < 1.29 is 4.79 Å².